The number of thiazole rings is 1. The molecule has 0 aliphatic carbocycles. The first kappa shape index (κ1) is 11.0. The van der Waals surface area contributed by atoms with Gasteiger partial charge in [0.2, 0.25) is 0 Å². The molecule has 0 amide bonds. The lowest BCUT2D eigenvalue weighted by molar-refractivity contribution is -0.135. The van der Waals surface area contributed by atoms with Crippen LogP contribution in [0, 0.1) is 12.3 Å². The van der Waals surface area contributed by atoms with Crippen LogP contribution in [0.15, 0.2) is 12.5 Å². The van der Waals surface area contributed by atoms with Crippen molar-refractivity contribution in [3.05, 3.63) is 23.1 Å². The van der Waals surface area contributed by atoms with Gasteiger partial charge in [-0.3, -0.25) is 4.40 Å². The first-order valence-corrected chi connectivity index (χ1v) is 4.93. The van der Waals surface area contributed by atoms with E-state index >= 15 is 0 Å². The van der Waals surface area contributed by atoms with Crippen molar-refractivity contribution in [1.29, 1.82) is 0 Å². The Bertz CT molecular complexity index is 563. The molecule has 16 heavy (non-hydrogen) atoms. The fourth-order valence-corrected chi connectivity index (χ4v) is 2.34. The topological polar surface area (TPSA) is 37.5 Å². The second-order valence-electron chi connectivity index (χ2n) is 2.99. The van der Waals surface area contributed by atoms with Crippen molar-refractivity contribution in [2.75, 3.05) is 0 Å². The van der Waals surface area contributed by atoms with Crippen LogP contribution in [0.4, 0.5) is 13.2 Å². The largest absolute Gasteiger partial charge is 0.427 e. The zero-order valence-corrected chi connectivity index (χ0v) is 8.51. The summed E-state index contributed by atoms with van der Waals surface area (Å²) in [5, 5.41) is 9.40. The van der Waals surface area contributed by atoms with Gasteiger partial charge in [-0.25, -0.2) is 4.98 Å². The van der Waals surface area contributed by atoms with Crippen molar-refractivity contribution in [3.63, 3.8) is 0 Å². The van der Waals surface area contributed by atoms with E-state index in [1.165, 1.54) is 12.5 Å². The van der Waals surface area contributed by atoms with Gasteiger partial charge in [0.1, 0.15) is 16.0 Å². The van der Waals surface area contributed by atoms with Gasteiger partial charge in [-0.15, -0.1) is 17.8 Å². The SMILES string of the molecule is C#CC(O)c1c(C(F)(F)F)sc2cncn12. The van der Waals surface area contributed by atoms with Gasteiger partial charge < -0.3 is 5.11 Å². The van der Waals surface area contributed by atoms with Crippen molar-refractivity contribution in [2.24, 2.45) is 0 Å². The molecule has 0 spiro atoms. The van der Waals surface area contributed by atoms with Crippen molar-refractivity contribution in [2.45, 2.75) is 12.3 Å². The first-order valence-electron chi connectivity index (χ1n) is 4.11. The van der Waals surface area contributed by atoms with E-state index in [2.05, 4.69) is 4.98 Å². The molecule has 0 saturated heterocycles. The molecule has 2 rings (SSSR count). The lowest BCUT2D eigenvalue weighted by atomic mass is 10.2. The zero-order valence-electron chi connectivity index (χ0n) is 7.69. The van der Waals surface area contributed by atoms with Crippen molar-refractivity contribution in [3.8, 4) is 12.3 Å². The summed E-state index contributed by atoms with van der Waals surface area (Å²) in [6.07, 6.45) is 1.29. The van der Waals surface area contributed by atoms with E-state index in [1.54, 1.807) is 0 Å². The highest BCUT2D eigenvalue weighted by molar-refractivity contribution is 7.17. The third-order valence-corrected chi connectivity index (χ3v) is 3.13. The zero-order chi connectivity index (χ0) is 11.9. The predicted octanol–water partition coefficient (Wildman–Crippen LogP) is 2.08. The Morgan fingerprint density at radius 1 is 1.56 bits per heavy atom. The van der Waals surface area contributed by atoms with Gasteiger partial charge in [-0.05, 0) is 0 Å². The van der Waals surface area contributed by atoms with Crippen molar-refractivity contribution >= 4 is 16.2 Å². The Hall–Kier alpha value is -1.52. The normalized spacial score (nSPS) is 13.9. The van der Waals surface area contributed by atoms with Gasteiger partial charge in [-0.1, -0.05) is 5.92 Å². The van der Waals surface area contributed by atoms with Crippen LogP contribution < -0.4 is 0 Å². The summed E-state index contributed by atoms with van der Waals surface area (Å²) in [5.41, 5.74) is -0.354. The maximum atomic E-state index is 12.7. The number of halogens is 3. The molecule has 0 aliphatic heterocycles. The van der Waals surface area contributed by atoms with E-state index in [0.717, 1.165) is 4.40 Å². The molecule has 0 radical (unpaired) electrons. The lowest BCUT2D eigenvalue weighted by Gasteiger charge is -2.09. The fourth-order valence-electron chi connectivity index (χ4n) is 1.34. The molecule has 2 heterocycles. The highest BCUT2D eigenvalue weighted by Crippen LogP contribution is 2.40. The lowest BCUT2D eigenvalue weighted by Crippen LogP contribution is -2.10. The third kappa shape index (κ3) is 1.56. The Labute approximate surface area is 92.2 Å². The van der Waals surface area contributed by atoms with Crippen LogP contribution >= 0.6 is 11.3 Å². The molecule has 1 unspecified atom stereocenters. The Morgan fingerprint density at radius 3 is 2.81 bits per heavy atom. The molecule has 0 aliphatic rings. The van der Waals surface area contributed by atoms with Crippen LogP contribution in [0.2, 0.25) is 0 Å². The molecule has 0 bridgehead atoms. The number of aromatic nitrogens is 2. The van der Waals surface area contributed by atoms with Gasteiger partial charge in [0.25, 0.3) is 0 Å². The van der Waals surface area contributed by atoms with Gasteiger partial charge in [-0.2, -0.15) is 13.2 Å². The van der Waals surface area contributed by atoms with Gasteiger partial charge in [0.15, 0.2) is 6.10 Å². The number of fused-ring (bicyclic) bond motifs is 1. The van der Waals surface area contributed by atoms with Gasteiger partial charge in [0.05, 0.1) is 11.9 Å². The summed E-state index contributed by atoms with van der Waals surface area (Å²) in [5.74, 6) is 1.88. The van der Waals surface area contributed by atoms with E-state index in [9.17, 15) is 18.3 Å². The van der Waals surface area contributed by atoms with Gasteiger partial charge in [0, 0.05) is 0 Å². The minimum atomic E-state index is -4.53. The molecule has 84 valence electrons. The minimum Gasteiger partial charge on any atom is -0.374 e. The molecule has 0 saturated carbocycles. The van der Waals surface area contributed by atoms with E-state index in [-0.39, 0.29) is 10.5 Å². The van der Waals surface area contributed by atoms with E-state index in [1.807, 2.05) is 5.92 Å². The smallest absolute Gasteiger partial charge is 0.374 e. The standard InChI is InChI=1S/C9H5F3N2OS/c1-2-5(15)7-8(9(10,11)12)16-6-3-13-4-14(6)7/h1,3-5,15H. The number of hydrogen-bond donors (Lipinski definition) is 1. The Balaban J connectivity index is 2.74. The number of terminal acetylenes is 1. The van der Waals surface area contributed by atoms with E-state index in [4.69, 9.17) is 6.42 Å². The van der Waals surface area contributed by atoms with Crippen LogP contribution in [0.3, 0.4) is 0 Å². The first-order chi connectivity index (χ1) is 7.45. The summed E-state index contributed by atoms with van der Waals surface area (Å²) in [4.78, 5) is 3.08. The summed E-state index contributed by atoms with van der Waals surface area (Å²) < 4.78 is 39.1. The fraction of sp³-hybridized carbons (Fsp3) is 0.222. The van der Waals surface area contributed by atoms with E-state index in [0.29, 0.717) is 11.3 Å². The Morgan fingerprint density at radius 2 is 2.25 bits per heavy atom. The second kappa shape index (κ2) is 3.50. The van der Waals surface area contributed by atoms with E-state index < -0.39 is 17.2 Å². The quantitative estimate of drug-likeness (QED) is 0.782. The third-order valence-electron chi connectivity index (χ3n) is 1.98. The molecule has 0 fully saturated rings. The average molecular weight is 246 g/mol. The molecule has 2 aromatic heterocycles. The van der Waals surface area contributed by atoms with Crippen LogP contribution in [-0.2, 0) is 6.18 Å². The maximum Gasteiger partial charge on any atom is 0.427 e. The maximum absolute atomic E-state index is 12.7. The summed E-state index contributed by atoms with van der Waals surface area (Å²) >= 11 is 0.501. The van der Waals surface area contributed by atoms with Crippen LogP contribution in [0.1, 0.15) is 16.7 Å². The summed E-state index contributed by atoms with van der Waals surface area (Å²) in [7, 11) is 0. The molecule has 1 N–H and O–H groups in total. The monoisotopic (exact) mass is 246 g/mol. The average Bonchev–Trinajstić information content (AvgIpc) is 2.73. The molecule has 3 nitrogen and oxygen atoms in total. The Kier molecular flexibility index (Phi) is 2.40. The number of aliphatic hydroxyl groups excluding tert-OH is 1. The predicted molar refractivity (Wildman–Crippen MR) is 51.9 cm³/mol. The molecular formula is C9H5F3N2OS. The highest BCUT2D eigenvalue weighted by Gasteiger charge is 2.38. The summed E-state index contributed by atoms with van der Waals surface area (Å²) in [6.45, 7) is 0. The number of rotatable bonds is 1. The minimum absolute atomic E-state index is 0.289. The molecule has 2 aromatic rings. The van der Waals surface area contributed by atoms with Crippen LogP contribution in [0.5, 0.6) is 0 Å². The molecule has 0 aromatic carbocycles. The van der Waals surface area contributed by atoms with Crippen LogP contribution in [-0.4, -0.2) is 14.5 Å². The highest BCUT2D eigenvalue weighted by atomic mass is 32.1. The molecule has 7 heteroatoms. The molecular weight excluding hydrogens is 241 g/mol. The van der Waals surface area contributed by atoms with Crippen LogP contribution in [0.25, 0.3) is 4.83 Å². The number of alkyl halides is 3. The number of hydrogen-bond acceptors (Lipinski definition) is 3. The van der Waals surface area contributed by atoms with Gasteiger partial charge >= 0.3 is 6.18 Å². The second-order valence-corrected chi connectivity index (χ2v) is 4.02. The van der Waals surface area contributed by atoms with Crippen molar-refractivity contribution in [1.82, 2.24) is 9.38 Å². The molecule has 1 atom stereocenters. The summed E-state index contributed by atoms with van der Waals surface area (Å²) in [6, 6.07) is 0. The van der Waals surface area contributed by atoms with Crippen molar-refractivity contribution < 1.29 is 18.3 Å². The number of nitrogens with zero attached hydrogens (tertiary/aromatic N) is 2. The number of aliphatic hydroxyl groups is 1. The number of imidazole rings is 1.